The molecule has 1 aliphatic carbocycles. The molecule has 3 aromatic rings. The second-order valence-electron chi connectivity index (χ2n) is 10.3. The number of rotatable bonds is 6. The van der Waals surface area contributed by atoms with Crippen LogP contribution in [-0.4, -0.2) is 42.0 Å². The lowest BCUT2D eigenvalue weighted by Gasteiger charge is -2.30. The van der Waals surface area contributed by atoms with Crippen LogP contribution in [-0.2, 0) is 11.0 Å². The number of amides is 1. The fraction of sp³-hybridized carbons (Fsp3) is 0.464. The van der Waals surface area contributed by atoms with Crippen molar-refractivity contribution in [3.63, 3.8) is 0 Å². The Balaban J connectivity index is 1.68. The Bertz CT molecular complexity index is 1330. The number of alkyl halides is 3. The minimum atomic E-state index is -4.50. The fourth-order valence-electron chi connectivity index (χ4n) is 5.29. The number of benzene rings is 2. The summed E-state index contributed by atoms with van der Waals surface area (Å²) < 4.78 is 45.8. The van der Waals surface area contributed by atoms with E-state index in [0.717, 1.165) is 54.5 Å². The quantitative estimate of drug-likeness (QED) is 0.376. The molecular formula is C28H34F3N5O2. The van der Waals surface area contributed by atoms with Crippen LogP contribution < -0.4 is 15.8 Å². The molecule has 0 bridgehead atoms. The smallest absolute Gasteiger partial charge is 0.416 e. The summed E-state index contributed by atoms with van der Waals surface area (Å²) in [6.45, 7) is 3.53. The van der Waals surface area contributed by atoms with Crippen LogP contribution in [0.4, 0.5) is 24.7 Å². The van der Waals surface area contributed by atoms with E-state index in [-0.39, 0.29) is 23.4 Å². The van der Waals surface area contributed by atoms with Gasteiger partial charge in [0.05, 0.1) is 24.2 Å². The van der Waals surface area contributed by atoms with E-state index < -0.39 is 17.8 Å². The first-order valence-corrected chi connectivity index (χ1v) is 12.7. The van der Waals surface area contributed by atoms with Crippen molar-refractivity contribution in [2.24, 2.45) is 5.92 Å². The summed E-state index contributed by atoms with van der Waals surface area (Å²) in [6, 6.07) is 6.96. The Morgan fingerprint density at radius 3 is 2.39 bits per heavy atom. The molecular weight excluding hydrogens is 495 g/mol. The number of nitrogens with two attached hydrogens (primary N) is 1. The molecule has 1 atom stereocenters. The zero-order valence-electron chi connectivity index (χ0n) is 22.3. The number of nitrogens with one attached hydrogen (secondary N) is 1. The van der Waals surface area contributed by atoms with E-state index >= 15 is 0 Å². The predicted molar refractivity (Wildman–Crippen MR) is 142 cm³/mol. The molecule has 0 unspecified atom stereocenters. The van der Waals surface area contributed by atoms with Crippen molar-refractivity contribution in [3.05, 3.63) is 52.8 Å². The SMILES string of the molecule is COc1cc2nc(C)nc(N[C@@H](C)c3cc(N)cc(C(F)(F)F)c3)c2cc1C1CCC(C(=O)N(C)C)CC1. The molecule has 1 saturated carbocycles. The summed E-state index contributed by atoms with van der Waals surface area (Å²) in [4.78, 5) is 23.3. The zero-order valence-corrected chi connectivity index (χ0v) is 22.3. The fourth-order valence-corrected chi connectivity index (χ4v) is 5.29. The highest BCUT2D eigenvalue weighted by Gasteiger charge is 2.32. The standard InChI is InChI=1S/C28H34F3N5O2/c1-15(19-10-20(28(29,30)31)12-21(32)11-19)33-26-23-13-22(25(38-5)14-24(23)34-16(2)35-26)17-6-8-18(9-7-17)27(37)36(3)4/h10-15,17-18H,6-9,32H2,1-5H3,(H,33,34,35)/t15-,17?,18?/m0/s1. The molecule has 204 valence electrons. The van der Waals surface area contributed by atoms with Crippen molar-refractivity contribution in [2.75, 3.05) is 32.3 Å². The Hall–Kier alpha value is -3.56. The minimum absolute atomic E-state index is 0.0247. The lowest BCUT2D eigenvalue weighted by Crippen LogP contribution is -2.32. The lowest BCUT2D eigenvalue weighted by molar-refractivity contribution is -0.137. The summed E-state index contributed by atoms with van der Waals surface area (Å²) in [5, 5.41) is 4.04. The molecule has 1 aromatic heterocycles. The van der Waals surface area contributed by atoms with Crippen LogP contribution in [0.15, 0.2) is 30.3 Å². The molecule has 3 N–H and O–H groups in total. The monoisotopic (exact) mass is 529 g/mol. The van der Waals surface area contributed by atoms with Gasteiger partial charge in [-0.05, 0) is 80.8 Å². The number of halogens is 3. The number of aromatic nitrogens is 2. The van der Waals surface area contributed by atoms with E-state index in [0.29, 0.717) is 22.7 Å². The highest BCUT2D eigenvalue weighted by atomic mass is 19.4. The van der Waals surface area contributed by atoms with Gasteiger partial charge in [0.25, 0.3) is 0 Å². The number of methoxy groups -OCH3 is 1. The minimum Gasteiger partial charge on any atom is -0.496 e. The highest BCUT2D eigenvalue weighted by molar-refractivity contribution is 5.91. The second kappa shape index (κ2) is 10.7. The van der Waals surface area contributed by atoms with Gasteiger partial charge >= 0.3 is 6.18 Å². The van der Waals surface area contributed by atoms with Crippen LogP contribution in [0, 0.1) is 12.8 Å². The number of hydrogen-bond donors (Lipinski definition) is 2. The maximum atomic E-state index is 13.4. The number of nitrogens with zero attached hydrogens (tertiary/aromatic N) is 3. The number of hydrogen-bond acceptors (Lipinski definition) is 6. The average molecular weight is 530 g/mol. The van der Waals surface area contributed by atoms with Gasteiger partial charge in [-0.25, -0.2) is 9.97 Å². The molecule has 7 nitrogen and oxygen atoms in total. The predicted octanol–water partition coefficient (Wildman–Crippen LogP) is 6.08. The molecule has 1 heterocycles. The van der Waals surface area contributed by atoms with Crippen LogP contribution >= 0.6 is 0 Å². The molecule has 0 spiro atoms. The van der Waals surface area contributed by atoms with Crippen molar-refractivity contribution in [1.82, 2.24) is 14.9 Å². The third-order valence-corrected chi connectivity index (χ3v) is 7.27. The average Bonchev–Trinajstić information content (AvgIpc) is 2.86. The number of carbonyl (C=O) groups is 1. The topological polar surface area (TPSA) is 93.4 Å². The van der Waals surface area contributed by atoms with Gasteiger partial charge in [-0.3, -0.25) is 4.79 Å². The maximum absolute atomic E-state index is 13.4. The summed E-state index contributed by atoms with van der Waals surface area (Å²) in [7, 11) is 5.19. The summed E-state index contributed by atoms with van der Waals surface area (Å²) in [6.07, 6.45) is -1.20. The van der Waals surface area contributed by atoms with Crippen LogP contribution in [0.25, 0.3) is 10.9 Å². The molecule has 2 aromatic carbocycles. The van der Waals surface area contributed by atoms with Crippen LogP contribution in [0.1, 0.15) is 67.1 Å². The van der Waals surface area contributed by atoms with Gasteiger partial charge in [-0.15, -0.1) is 0 Å². The molecule has 10 heteroatoms. The summed E-state index contributed by atoms with van der Waals surface area (Å²) in [5.74, 6) is 2.16. The van der Waals surface area contributed by atoms with E-state index in [9.17, 15) is 18.0 Å². The Labute approximate surface area is 220 Å². The van der Waals surface area contributed by atoms with E-state index in [2.05, 4.69) is 15.3 Å². The van der Waals surface area contributed by atoms with Crippen molar-refractivity contribution in [1.29, 1.82) is 0 Å². The molecule has 4 rings (SSSR count). The van der Waals surface area contributed by atoms with Crippen molar-refractivity contribution >= 4 is 28.3 Å². The van der Waals surface area contributed by atoms with Crippen molar-refractivity contribution in [3.8, 4) is 5.75 Å². The van der Waals surface area contributed by atoms with E-state index in [4.69, 9.17) is 10.5 Å². The third-order valence-electron chi connectivity index (χ3n) is 7.27. The van der Waals surface area contributed by atoms with Gasteiger partial charge in [0, 0.05) is 37.2 Å². The van der Waals surface area contributed by atoms with Gasteiger partial charge in [0.2, 0.25) is 5.91 Å². The second-order valence-corrected chi connectivity index (χ2v) is 10.3. The number of aryl methyl sites for hydroxylation is 1. The van der Waals surface area contributed by atoms with E-state index in [1.807, 2.05) is 12.1 Å². The van der Waals surface area contributed by atoms with Crippen LogP contribution in [0.3, 0.4) is 0 Å². The van der Waals surface area contributed by atoms with Gasteiger partial charge in [-0.2, -0.15) is 13.2 Å². The van der Waals surface area contributed by atoms with Crippen LogP contribution in [0.5, 0.6) is 5.75 Å². The Morgan fingerprint density at radius 1 is 1.11 bits per heavy atom. The first-order chi connectivity index (χ1) is 17.9. The van der Waals surface area contributed by atoms with Crippen LogP contribution in [0.2, 0.25) is 0 Å². The molecule has 1 fully saturated rings. The van der Waals surface area contributed by atoms with Gasteiger partial charge in [-0.1, -0.05) is 0 Å². The molecule has 1 aliphatic rings. The number of nitrogen functional groups attached to an aromatic ring is 1. The molecule has 0 aliphatic heterocycles. The first kappa shape index (κ1) is 27.5. The molecule has 0 radical (unpaired) electrons. The third kappa shape index (κ3) is 5.79. The molecule has 38 heavy (non-hydrogen) atoms. The Morgan fingerprint density at radius 2 is 1.79 bits per heavy atom. The molecule has 0 saturated heterocycles. The number of ether oxygens (including phenoxy) is 1. The zero-order chi connectivity index (χ0) is 27.8. The number of anilines is 2. The molecule has 1 amide bonds. The normalized spacial score (nSPS) is 18.7. The largest absolute Gasteiger partial charge is 0.496 e. The van der Waals surface area contributed by atoms with E-state index in [1.165, 1.54) is 6.07 Å². The van der Waals surface area contributed by atoms with E-state index in [1.54, 1.807) is 40.0 Å². The number of carbonyl (C=O) groups excluding carboxylic acids is 1. The summed E-state index contributed by atoms with van der Waals surface area (Å²) in [5.41, 5.74) is 7.13. The number of fused-ring (bicyclic) bond motifs is 1. The lowest BCUT2D eigenvalue weighted by atomic mass is 9.77. The maximum Gasteiger partial charge on any atom is 0.416 e. The summed E-state index contributed by atoms with van der Waals surface area (Å²) >= 11 is 0. The van der Waals surface area contributed by atoms with Gasteiger partial charge in [0.15, 0.2) is 0 Å². The first-order valence-electron chi connectivity index (χ1n) is 12.7. The Kier molecular flexibility index (Phi) is 7.71. The highest BCUT2D eigenvalue weighted by Crippen LogP contribution is 2.42. The van der Waals surface area contributed by atoms with Crippen molar-refractivity contribution < 1.29 is 22.7 Å². The van der Waals surface area contributed by atoms with Gasteiger partial charge in [0.1, 0.15) is 17.4 Å². The van der Waals surface area contributed by atoms with Crippen molar-refractivity contribution in [2.45, 2.75) is 57.7 Å². The van der Waals surface area contributed by atoms with Gasteiger partial charge < -0.3 is 20.7 Å².